The van der Waals surface area contributed by atoms with Crippen LogP contribution in [0.4, 0.5) is 0 Å². The predicted molar refractivity (Wildman–Crippen MR) is 66.1 cm³/mol. The molecule has 2 nitrogen and oxygen atoms in total. The lowest BCUT2D eigenvalue weighted by Gasteiger charge is -2.12. The molecular weight excluding hydrogens is 211 g/mol. The van der Waals surface area contributed by atoms with E-state index in [1.807, 2.05) is 0 Å². The molecule has 0 saturated heterocycles. The van der Waals surface area contributed by atoms with E-state index in [0.717, 1.165) is 25.4 Å². The SMILES string of the molecule is CCCCO[P+](=O)CCC[Si](C)(C)C. The van der Waals surface area contributed by atoms with Crippen molar-refractivity contribution in [2.45, 2.75) is 51.9 Å². The van der Waals surface area contributed by atoms with Crippen LogP contribution in [0.5, 0.6) is 0 Å². The van der Waals surface area contributed by atoms with Gasteiger partial charge in [-0.2, -0.15) is 0 Å². The van der Waals surface area contributed by atoms with Gasteiger partial charge in [0, 0.05) is 8.07 Å². The molecule has 0 aromatic carbocycles. The Labute approximate surface area is 90.3 Å². The first kappa shape index (κ1) is 14.3. The third kappa shape index (κ3) is 10.4. The highest BCUT2D eigenvalue weighted by Gasteiger charge is 2.19. The minimum absolute atomic E-state index is 0.665. The maximum absolute atomic E-state index is 11.3. The fourth-order valence-corrected chi connectivity index (χ4v) is 3.53. The summed E-state index contributed by atoms with van der Waals surface area (Å²) >= 11 is 0. The van der Waals surface area contributed by atoms with Crippen molar-refractivity contribution in [2.75, 3.05) is 12.8 Å². The molecule has 0 bridgehead atoms. The average molecular weight is 235 g/mol. The molecule has 0 saturated carbocycles. The quantitative estimate of drug-likeness (QED) is 0.357. The van der Waals surface area contributed by atoms with Gasteiger partial charge in [-0.1, -0.05) is 39.0 Å². The van der Waals surface area contributed by atoms with Gasteiger partial charge in [0.1, 0.15) is 6.61 Å². The fourth-order valence-electron chi connectivity index (χ4n) is 1.11. The van der Waals surface area contributed by atoms with Crippen molar-refractivity contribution < 1.29 is 9.09 Å². The van der Waals surface area contributed by atoms with Crippen LogP contribution >= 0.6 is 8.03 Å². The highest BCUT2D eigenvalue weighted by atomic mass is 31.1. The van der Waals surface area contributed by atoms with E-state index in [1.54, 1.807) is 0 Å². The molecule has 0 aliphatic rings. The van der Waals surface area contributed by atoms with Gasteiger partial charge in [0.25, 0.3) is 0 Å². The van der Waals surface area contributed by atoms with Gasteiger partial charge < -0.3 is 0 Å². The first-order chi connectivity index (χ1) is 6.45. The summed E-state index contributed by atoms with van der Waals surface area (Å²) in [6.45, 7) is 9.81. The zero-order chi connectivity index (χ0) is 11.0. The van der Waals surface area contributed by atoms with Crippen molar-refractivity contribution >= 4 is 16.1 Å². The molecule has 0 aromatic rings. The highest BCUT2D eigenvalue weighted by Crippen LogP contribution is 2.26. The summed E-state index contributed by atoms with van der Waals surface area (Å²) in [5, 5.41) is 0. The van der Waals surface area contributed by atoms with Gasteiger partial charge >= 0.3 is 8.03 Å². The molecular formula is C10H24O2PSi+. The molecule has 4 heteroatoms. The maximum atomic E-state index is 11.3. The molecule has 0 spiro atoms. The Morgan fingerprint density at radius 3 is 2.36 bits per heavy atom. The van der Waals surface area contributed by atoms with Crippen molar-refractivity contribution in [3.8, 4) is 0 Å². The predicted octanol–water partition coefficient (Wildman–Crippen LogP) is 4.27. The molecule has 14 heavy (non-hydrogen) atoms. The summed E-state index contributed by atoms with van der Waals surface area (Å²) < 4.78 is 16.6. The molecule has 0 amide bonds. The van der Waals surface area contributed by atoms with Gasteiger partial charge in [-0.25, -0.2) is 0 Å². The van der Waals surface area contributed by atoms with Gasteiger partial charge in [0.15, 0.2) is 6.16 Å². The molecule has 0 aliphatic heterocycles. The summed E-state index contributed by atoms with van der Waals surface area (Å²) in [5.41, 5.74) is 0. The second kappa shape index (κ2) is 7.55. The van der Waals surface area contributed by atoms with Crippen LogP contribution in [-0.2, 0) is 9.09 Å². The Hall–Kier alpha value is 0.277. The third-order valence-electron chi connectivity index (χ3n) is 2.00. The molecule has 1 unspecified atom stereocenters. The lowest BCUT2D eigenvalue weighted by molar-refractivity contribution is 0.320. The Morgan fingerprint density at radius 2 is 1.86 bits per heavy atom. The van der Waals surface area contributed by atoms with E-state index < -0.39 is 16.1 Å². The molecule has 84 valence electrons. The van der Waals surface area contributed by atoms with Crippen molar-refractivity contribution in [3.05, 3.63) is 0 Å². The largest absolute Gasteiger partial charge is 0.508 e. The number of hydrogen-bond acceptors (Lipinski definition) is 2. The molecule has 1 atom stereocenters. The van der Waals surface area contributed by atoms with E-state index >= 15 is 0 Å². The van der Waals surface area contributed by atoms with Gasteiger partial charge in [-0.05, 0) is 17.4 Å². The lowest BCUT2D eigenvalue weighted by Crippen LogP contribution is -2.18. The van der Waals surface area contributed by atoms with Crippen LogP contribution < -0.4 is 0 Å². The van der Waals surface area contributed by atoms with Crippen molar-refractivity contribution in [3.63, 3.8) is 0 Å². The Morgan fingerprint density at radius 1 is 1.21 bits per heavy atom. The van der Waals surface area contributed by atoms with Crippen LogP contribution in [0.2, 0.25) is 25.7 Å². The van der Waals surface area contributed by atoms with Crippen LogP contribution in [0.3, 0.4) is 0 Å². The van der Waals surface area contributed by atoms with Crippen molar-refractivity contribution in [1.82, 2.24) is 0 Å². The summed E-state index contributed by atoms with van der Waals surface area (Å²) in [7, 11) is -2.32. The number of unbranched alkanes of at least 4 members (excludes halogenated alkanes) is 1. The van der Waals surface area contributed by atoms with Gasteiger partial charge in [-0.15, -0.1) is 4.52 Å². The molecule has 0 rings (SSSR count). The average Bonchev–Trinajstić information content (AvgIpc) is 2.02. The highest BCUT2D eigenvalue weighted by molar-refractivity contribution is 7.39. The standard InChI is InChI=1S/C10H24O2PSi/c1-5-6-8-12-13(11)9-7-10-14(2,3)4/h5-10H2,1-4H3/q+1. The third-order valence-corrected chi connectivity index (χ3v) is 5.01. The summed E-state index contributed by atoms with van der Waals surface area (Å²) in [6.07, 6.45) is 3.95. The fraction of sp³-hybridized carbons (Fsp3) is 1.00. The van der Waals surface area contributed by atoms with E-state index in [1.165, 1.54) is 6.04 Å². The minimum Gasteiger partial charge on any atom is -0.146 e. The van der Waals surface area contributed by atoms with E-state index in [9.17, 15) is 4.57 Å². The summed E-state index contributed by atoms with van der Waals surface area (Å²) in [5.74, 6) is 0. The summed E-state index contributed by atoms with van der Waals surface area (Å²) in [4.78, 5) is 0. The zero-order valence-electron chi connectivity index (χ0n) is 10.0. The van der Waals surface area contributed by atoms with E-state index in [0.29, 0.717) is 6.61 Å². The molecule has 0 radical (unpaired) electrons. The van der Waals surface area contributed by atoms with Crippen LogP contribution in [0, 0.1) is 0 Å². The van der Waals surface area contributed by atoms with E-state index in [2.05, 4.69) is 26.6 Å². The van der Waals surface area contributed by atoms with Gasteiger partial charge in [-0.3, -0.25) is 0 Å². The number of hydrogen-bond donors (Lipinski definition) is 0. The molecule has 0 heterocycles. The lowest BCUT2D eigenvalue weighted by atomic mass is 10.4. The van der Waals surface area contributed by atoms with Crippen LogP contribution in [0.15, 0.2) is 0 Å². The zero-order valence-corrected chi connectivity index (χ0v) is 11.9. The van der Waals surface area contributed by atoms with E-state index in [4.69, 9.17) is 4.52 Å². The van der Waals surface area contributed by atoms with Gasteiger partial charge in [0.05, 0.1) is 0 Å². The van der Waals surface area contributed by atoms with Crippen molar-refractivity contribution in [1.29, 1.82) is 0 Å². The van der Waals surface area contributed by atoms with Crippen LogP contribution in [0.25, 0.3) is 0 Å². The first-order valence-corrected chi connectivity index (χ1v) is 10.6. The van der Waals surface area contributed by atoms with Gasteiger partial charge in [0.2, 0.25) is 0 Å². The molecule has 0 N–H and O–H groups in total. The first-order valence-electron chi connectivity index (χ1n) is 5.53. The molecule has 0 fully saturated rings. The number of rotatable bonds is 8. The minimum atomic E-state index is -1.37. The Kier molecular flexibility index (Phi) is 7.70. The monoisotopic (exact) mass is 235 g/mol. The second-order valence-electron chi connectivity index (χ2n) is 4.91. The van der Waals surface area contributed by atoms with Crippen molar-refractivity contribution in [2.24, 2.45) is 0 Å². The normalized spacial score (nSPS) is 13.0. The van der Waals surface area contributed by atoms with E-state index in [-0.39, 0.29) is 0 Å². The maximum Gasteiger partial charge on any atom is 0.508 e. The van der Waals surface area contributed by atoms with Crippen LogP contribution in [-0.4, -0.2) is 20.8 Å². The Balaban J connectivity index is 3.36. The van der Waals surface area contributed by atoms with Crippen LogP contribution in [0.1, 0.15) is 26.2 Å². The molecule has 0 aliphatic carbocycles. The second-order valence-corrected chi connectivity index (χ2v) is 11.9. The summed E-state index contributed by atoms with van der Waals surface area (Å²) in [6, 6.07) is 1.26. The smallest absolute Gasteiger partial charge is 0.146 e. The topological polar surface area (TPSA) is 26.3 Å². The molecule has 0 aromatic heterocycles. The Bertz CT molecular complexity index is 166.